The first-order valence-electron chi connectivity index (χ1n) is 6.79. The first-order chi connectivity index (χ1) is 9.81. The maximum atomic E-state index is 4.67. The van der Waals surface area contributed by atoms with E-state index in [0.717, 1.165) is 18.1 Å². The lowest BCUT2D eigenvalue weighted by molar-refractivity contribution is 0.618. The molecule has 0 aliphatic carbocycles. The van der Waals surface area contributed by atoms with Gasteiger partial charge in [-0.15, -0.1) is 0 Å². The Bertz CT molecular complexity index is 711. The highest BCUT2D eigenvalue weighted by molar-refractivity contribution is 5.81. The van der Waals surface area contributed by atoms with Gasteiger partial charge in [0.25, 0.3) is 0 Å². The van der Waals surface area contributed by atoms with Crippen LogP contribution in [0.5, 0.6) is 0 Å². The number of nitrogens with one attached hydrogen (secondary N) is 1. The van der Waals surface area contributed by atoms with Crippen LogP contribution in [0.2, 0.25) is 0 Å². The molecule has 0 saturated heterocycles. The number of aryl methyl sites for hydroxylation is 1. The van der Waals surface area contributed by atoms with Crippen LogP contribution in [0, 0.1) is 0 Å². The van der Waals surface area contributed by atoms with Gasteiger partial charge in [0.15, 0.2) is 5.82 Å². The number of nitrogens with zero attached hydrogens (tertiary/aromatic N) is 5. The van der Waals surface area contributed by atoms with E-state index in [4.69, 9.17) is 0 Å². The lowest BCUT2D eigenvalue weighted by Crippen LogP contribution is -2.08. The molecule has 6 heteroatoms. The summed E-state index contributed by atoms with van der Waals surface area (Å²) < 4.78 is 3.86. The van der Waals surface area contributed by atoms with Gasteiger partial charge in [-0.25, -0.2) is 9.67 Å². The highest BCUT2D eigenvalue weighted by Gasteiger charge is 2.10. The molecule has 0 aliphatic heterocycles. The first-order valence-corrected chi connectivity index (χ1v) is 6.79. The van der Waals surface area contributed by atoms with Gasteiger partial charge in [0, 0.05) is 11.9 Å². The van der Waals surface area contributed by atoms with E-state index in [0.29, 0.717) is 13.1 Å². The van der Waals surface area contributed by atoms with Crippen LogP contribution in [0.15, 0.2) is 30.6 Å². The van der Waals surface area contributed by atoms with Crippen molar-refractivity contribution in [3.63, 3.8) is 0 Å². The van der Waals surface area contributed by atoms with Gasteiger partial charge in [0.05, 0.1) is 24.3 Å². The fourth-order valence-electron chi connectivity index (χ4n) is 2.36. The van der Waals surface area contributed by atoms with Gasteiger partial charge in [-0.05, 0) is 20.0 Å². The molecule has 0 unspecified atom stereocenters. The molecular formula is C14H18N6. The Labute approximate surface area is 117 Å². The highest BCUT2D eigenvalue weighted by Crippen LogP contribution is 2.18. The average molecular weight is 270 g/mol. The summed E-state index contributed by atoms with van der Waals surface area (Å²) in [7, 11) is 1.89. The van der Waals surface area contributed by atoms with Crippen LogP contribution in [0.3, 0.4) is 0 Å². The number of fused-ring (bicyclic) bond motifs is 1. The van der Waals surface area contributed by atoms with E-state index in [-0.39, 0.29) is 0 Å². The largest absolute Gasteiger partial charge is 0.313 e. The number of rotatable bonds is 5. The normalized spacial score (nSPS) is 11.3. The maximum absolute atomic E-state index is 4.67. The van der Waals surface area contributed by atoms with E-state index in [9.17, 15) is 0 Å². The third kappa shape index (κ3) is 2.30. The van der Waals surface area contributed by atoms with E-state index >= 15 is 0 Å². The second-order valence-corrected chi connectivity index (χ2v) is 4.67. The molecule has 0 saturated carbocycles. The number of hydrogen-bond donors (Lipinski definition) is 1. The molecule has 2 aromatic heterocycles. The molecule has 0 atom stereocenters. The summed E-state index contributed by atoms with van der Waals surface area (Å²) in [5.74, 6) is 0.798. The predicted octanol–water partition coefficient (Wildman–Crippen LogP) is 1.42. The Morgan fingerprint density at radius 1 is 1.20 bits per heavy atom. The molecule has 0 radical (unpaired) electrons. The smallest absolute Gasteiger partial charge is 0.164 e. The van der Waals surface area contributed by atoms with Crippen molar-refractivity contribution in [1.82, 2.24) is 29.9 Å². The van der Waals surface area contributed by atoms with Crippen LogP contribution in [-0.2, 0) is 19.6 Å². The van der Waals surface area contributed by atoms with Crippen molar-refractivity contribution in [1.29, 1.82) is 0 Å². The molecule has 3 rings (SSSR count). The maximum Gasteiger partial charge on any atom is 0.164 e. The minimum atomic E-state index is 0.643. The molecule has 0 amide bonds. The zero-order valence-corrected chi connectivity index (χ0v) is 11.7. The van der Waals surface area contributed by atoms with Crippen molar-refractivity contribution < 1.29 is 0 Å². The van der Waals surface area contributed by atoms with Crippen LogP contribution in [-0.4, -0.2) is 31.6 Å². The summed E-state index contributed by atoms with van der Waals surface area (Å²) in [4.78, 5) is 4.26. The van der Waals surface area contributed by atoms with Crippen molar-refractivity contribution in [2.24, 2.45) is 0 Å². The lowest BCUT2D eigenvalue weighted by Gasteiger charge is -1.97. The van der Waals surface area contributed by atoms with Crippen molar-refractivity contribution in [2.75, 3.05) is 7.05 Å². The van der Waals surface area contributed by atoms with Gasteiger partial charge in [-0.2, -0.15) is 10.2 Å². The minimum absolute atomic E-state index is 0.643. The molecule has 0 spiro atoms. The van der Waals surface area contributed by atoms with Crippen molar-refractivity contribution >= 4 is 10.9 Å². The SMILES string of the molecule is CCn1nc(Cn2cnc(CNC)n2)c2ccccc21. The molecule has 0 bridgehead atoms. The van der Waals surface area contributed by atoms with Gasteiger partial charge in [-0.3, -0.25) is 4.68 Å². The number of aromatic nitrogens is 5. The van der Waals surface area contributed by atoms with Crippen LogP contribution in [0.4, 0.5) is 0 Å². The van der Waals surface area contributed by atoms with Crippen LogP contribution >= 0.6 is 0 Å². The predicted molar refractivity (Wildman–Crippen MR) is 77.3 cm³/mol. The van der Waals surface area contributed by atoms with Gasteiger partial charge in [-0.1, -0.05) is 18.2 Å². The van der Waals surface area contributed by atoms with E-state index in [1.54, 1.807) is 6.33 Å². The summed E-state index contributed by atoms with van der Waals surface area (Å²) in [6, 6.07) is 8.29. The summed E-state index contributed by atoms with van der Waals surface area (Å²) >= 11 is 0. The summed E-state index contributed by atoms with van der Waals surface area (Å²) in [5.41, 5.74) is 2.20. The number of hydrogen-bond acceptors (Lipinski definition) is 4. The molecule has 2 heterocycles. The summed E-state index contributed by atoms with van der Waals surface area (Å²) in [5, 5.41) is 13.3. The quantitative estimate of drug-likeness (QED) is 0.761. The first kappa shape index (κ1) is 12.8. The monoisotopic (exact) mass is 270 g/mol. The molecule has 1 N–H and O–H groups in total. The van der Waals surface area contributed by atoms with Crippen molar-refractivity contribution in [3.8, 4) is 0 Å². The van der Waals surface area contributed by atoms with Gasteiger partial charge in [0.1, 0.15) is 6.33 Å². The minimum Gasteiger partial charge on any atom is -0.313 e. The standard InChI is InChI=1S/C14H18N6/c1-3-20-13-7-5-4-6-11(13)12(17-20)9-19-10-16-14(18-19)8-15-2/h4-7,10,15H,3,8-9H2,1-2H3. The van der Waals surface area contributed by atoms with E-state index < -0.39 is 0 Å². The second-order valence-electron chi connectivity index (χ2n) is 4.67. The Morgan fingerprint density at radius 2 is 2.05 bits per heavy atom. The van der Waals surface area contributed by atoms with E-state index in [1.165, 1.54) is 10.9 Å². The summed E-state index contributed by atoms with van der Waals surface area (Å²) in [6.07, 6.45) is 1.76. The van der Waals surface area contributed by atoms with E-state index in [1.807, 2.05) is 28.5 Å². The Kier molecular flexibility index (Phi) is 3.47. The van der Waals surface area contributed by atoms with Crippen molar-refractivity contribution in [3.05, 3.63) is 42.1 Å². The second kappa shape index (κ2) is 5.42. The average Bonchev–Trinajstić information content (AvgIpc) is 3.05. The van der Waals surface area contributed by atoms with Gasteiger partial charge < -0.3 is 5.32 Å². The number of benzene rings is 1. The lowest BCUT2D eigenvalue weighted by atomic mass is 10.2. The topological polar surface area (TPSA) is 60.6 Å². The highest BCUT2D eigenvalue weighted by atomic mass is 15.4. The third-order valence-corrected chi connectivity index (χ3v) is 3.26. The van der Waals surface area contributed by atoms with Crippen LogP contribution < -0.4 is 5.32 Å². The molecular weight excluding hydrogens is 252 g/mol. The molecule has 104 valence electrons. The molecule has 6 nitrogen and oxygen atoms in total. The molecule has 0 aliphatic rings. The Morgan fingerprint density at radius 3 is 2.85 bits per heavy atom. The zero-order valence-electron chi connectivity index (χ0n) is 11.7. The van der Waals surface area contributed by atoms with Crippen molar-refractivity contribution in [2.45, 2.75) is 26.6 Å². The van der Waals surface area contributed by atoms with Crippen LogP contribution in [0.25, 0.3) is 10.9 Å². The van der Waals surface area contributed by atoms with Crippen LogP contribution in [0.1, 0.15) is 18.4 Å². The number of para-hydroxylation sites is 1. The Balaban J connectivity index is 1.93. The molecule has 3 aromatic rings. The van der Waals surface area contributed by atoms with Gasteiger partial charge in [0.2, 0.25) is 0 Å². The fourth-order valence-corrected chi connectivity index (χ4v) is 2.36. The molecule has 1 aromatic carbocycles. The molecule has 0 fully saturated rings. The Hall–Kier alpha value is -2.21. The fraction of sp³-hybridized carbons (Fsp3) is 0.357. The molecule has 20 heavy (non-hydrogen) atoms. The summed E-state index contributed by atoms with van der Waals surface area (Å²) in [6.45, 7) is 4.29. The zero-order chi connectivity index (χ0) is 13.9. The van der Waals surface area contributed by atoms with E-state index in [2.05, 4.69) is 39.6 Å². The van der Waals surface area contributed by atoms with Gasteiger partial charge >= 0.3 is 0 Å². The third-order valence-electron chi connectivity index (χ3n) is 3.26.